The Hall–Kier alpha value is -2.67. The van der Waals surface area contributed by atoms with Crippen molar-refractivity contribution in [3.63, 3.8) is 0 Å². The second-order valence-electron chi connectivity index (χ2n) is 6.85. The van der Waals surface area contributed by atoms with E-state index in [0.29, 0.717) is 29.1 Å². The zero-order chi connectivity index (χ0) is 20.4. The summed E-state index contributed by atoms with van der Waals surface area (Å²) in [5, 5.41) is 4.46. The van der Waals surface area contributed by atoms with Crippen LogP contribution >= 0.6 is 11.6 Å². The van der Waals surface area contributed by atoms with Crippen molar-refractivity contribution in [3.8, 4) is 0 Å². The molecule has 4 aromatic rings. The number of pyridine rings is 1. The third kappa shape index (κ3) is 3.92. The standard InChI is InChI=1S/C22H20ClN3O2S/c1-16-7-9-19(10-8-16)29(27,28)26-12-11-20-21(23)18(15-25-22(20)26)14-24-13-17-5-3-2-4-6-17/h2-12,15,24H,13-14H2,1H3. The summed E-state index contributed by atoms with van der Waals surface area (Å²) in [6, 6.07) is 18.5. The maximum atomic E-state index is 13.0. The molecule has 5 nitrogen and oxygen atoms in total. The van der Waals surface area contributed by atoms with Crippen molar-refractivity contribution in [2.45, 2.75) is 24.9 Å². The van der Waals surface area contributed by atoms with E-state index in [-0.39, 0.29) is 4.90 Å². The van der Waals surface area contributed by atoms with Gasteiger partial charge in [-0.25, -0.2) is 17.4 Å². The van der Waals surface area contributed by atoms with E-state index < -0.39 is 10.0 Å². The fourth-order valence-corrected chi connectivity index (χ4v) is 4.72. The van der Waals surface area contributed by atoms with Crippen molar-refractivity contribution < 1.29 is 8.42 Å². The van der Waals surface area contributed by atoms with Gasteiger partial charge in [-0.2, -0.15) is 0 Å². The van der Waals surface area contributed by atoms with E-state index in [1.807, 2.05) is 37.3 Å². The molecule has 7 heteroatoms. The fraction of sp³-hybridized carbons (Fsp3) is 0.136. The van der Waals surface area contributed by atoms with Crippen LogP contribution in [0.4, 0.5) is 0 Å². The van der Waals surface area contributed by atoms with E-state index in [0.717, 1.165) is 11.1 Å². The quantitative estimate of drug-likeness (QED) is 0.493. The molecule has 2 aromatic heterocycles. The minimum atomic E-state index is -3.74. The molecule has 0 spiro atoms. The van der Waals surface area contributed by atoms with Crippen molar-refractivity contribution in [3.05, 3.63) is 94.8 Å². The molecule has 0 saturated heterocycles. The molecule has 2 aromatic carbocycles. The molecule has 4 rings (SSSR count). The number of fused-ring (bicyclic) bond motifs is 1. The first-order valence-electron chi connectivity index (χ1n) is 9.18. The summed E-state index contributed by atoms with van der Waals surface area (Å²) >= 11 is 6.57. The predicted molar refractivity (Wildman–Crippen MR) is 115 cm³/mol. The Bertz CT molecular complexity index is 1250. The molecule has 0 aliphatic rings. The third-order valence-corrected chi connectivity index (χ3v) is 6.88. The van der Waals surface area contributed by atoms with Crippen LogP contribution in [0.25, 0.3) is 11.0 Å². The van der Waals surface area contributed by atoms with Gasteiger partial charge in [0.15, 0.2) is 5.65 Å². The Balaban J connectivity index is 1.61. The summed E-state index contributed by atoms with van der Waals surface area (Å²) in [5.74, 6) is 0. The smallest absolute Gasteiger partial charge is 0.269 e. The summed E-state index contributed by atoms with van der Waals surface area (Å²) in [7, 11) is -3.74. The lowest BCUT2D eigenvalue weighted by atomic mass is 10.2. The molecule has 0 radical (unpaired) electrons. The van der Waals surface area contributed by atoms with E-state index in [1.54, 1.807) is 36.5 Å². The Morgan fingerprint density at radius 1 is 1.00 bits per heavy atom. The maximum Gasteiger partial charge on any atom is 0.269 e. The minimum Gasteiger partial charge on any atom is -0.309 e. The zero-order valence-electron chi connectivity index (χ0n) is 15.8. The first-order chi connectivity index (χ1) is 14.0. The van der Waals surface area contributed by atoms with Crippen LogP contribution in [0.15, 0.2) is 78.0 Å². The number of benzene rings is 2. The highest BCUT2D eigenvalue weighted by Gasteiger charge is 2.21. The number of aromatic nitrogens is 2. The van der Waals surface area contributed by atoms with E-state index in [9.17, 15) is 8.42 Å². The molecular weight excluding hydrogens is 406 g/mol. The molecular formula is C22H20ClN3O2S. The molecule has 2 heterocycles. The number of halogens is 1. The lowest BCUT2D eigenvalue weighted by Gasteiger charge is -2.10. The first kappa shape index (κ1) is 19.6. The van der Waals surface area contributed by atoms with Crippen LogP contribution in [-0.4, -0.2) is 17.4 Å². The molecule has 148 valence electrons. The van der Waals surface area contributed by atoms with E-state index >= 15 is 0 Å². The van der Waals surface area contributed by atoms with Crippen LogP contribution in [0.1, 0.15) is 16.7 Å². The molecule has 0 aliphatic carbocycles. The molecule has 0 unspecified atom stereocenters. The molecule has 0 atom stereocenters. The van der Waals surface area contributed by atoms with E-state index in [4.69, 9.17) is 11.6 Å². The third-order valence-electron chi connectivity index (χ3n) is 4.75. The lowest BCUT2D eigenvalue weighted by molar-refractivity contribution is 0.588. The molecule has 0 aliphatic heterocycles. The summed E-state index contributed by atoms with van der Waals surface area (Å²) in [5.41, 5.74) is 3.31. The van der Waals surface area contributed by atoms with Crippen molar-refractivity contribution in [1.82, 2.24) is 14.3 Å². The second kappa shape index (κ2) is 7.99. The average Bonchev–Trinajstić information content (AvgIpc) is 3.17. The second-order valence-corrected chi connectivity index (χ2v) is 9.05. The number of hydrogen-bond donors (Lipinski definition) is 1. The van der Waals surface area contributed by atoms with Crippen LogP contribution in [-0.2, 0) is 23.1 Å². The van der Waals surface area contributed by atoms with Crippen LogP contribution in [0, 0.1) is 6.92 Å². The predicted octanol–water partition coefficient (Wildman–Crippen LogP) is 4.52. The van der Waals surface area contributed by atoms with Gasteiger partial charge in [-0.15, -0.1) is 0 Å². The summed E-state index contributed by atoms with van der Waals surface area (Å²) in [6.07, 6.45) is 3.13. The lowest BCUT2D eigenvalue weighted by Crippen LogP contribution is -2.14. The Labute approximate surface area is 175 Å². The highest BCUT2D eigenvalue weighted by molar-refractivity contribution is 7.90. The van der Waals surface area contributed by atoms with Crippen molar-refractivity contribution in [2.75, 3.05) is 0 Å². The number of nitrogens with one attached hydrogen (secondary N) is 1. The Kier molecular flexibility index (Phi) is 5.41. The molecule has 29 heavy (non-hydrogen) atoms. The Morgan fingerprint density at radius 2 is 1.72 bits per heavy atom. The van der Waals surface area contributed by atoms with E-state index in [1.165, 1.54) is 15.7 Å². The molecule has 0 saturated carbocycles. The molecule has 0 amide bonds. The number of aryl methyl sites for hydroxylation is 1. The van der Waals surface area contributed by atoms with Crippen LogP contribution in [0.5, 0.6) is 0 Å². The van der Waals surface area contributed by atoms with Crippen molar-refractivity contribution in [1.29, 1.82) is 0 Å². The largest absolute Gasteiger partial charge is 0.309 e. The molecule has 1 N–H and O–H groups in total. The molecule has 0 fully saturated rings. The highest BCUT2D eigenvalue weighted by Crippen LogP contribution is 2.29. The minimum absolute atomic E-state index is 0.215. The van der Waals surface area contributed by atoms with Gasteiger partial charge in [-0.05, 0) is 30.7 Å². The van der Waals surface area contributed by atoms with Gasteiger partial charge in [0.05, 0.1) is 9.92 Å². The normalized spacial score (nSPS) is 11.8. The number of rotatable bonds is 6. The summed E-state index contributed by atoms with van der Waals surface area (Å²) < 4.78 is 27.2. The van der Waals surface area contributed by atoms with Crippen LogP contribution in [0.3, 0.4) is 0 Å². The van der Waals surface area contributed by atoms with Crippen LogP contribution < -0.4 is 5.32 Å². The summed E-state index contributed by atoms with van der Waals surface area (Å²) in [4.78, 5) is 4.61. The van der Waals surface area contributed by atoms with Gasteiger partial charge in [0.25, 0.3) is 10.0 Å². The fourth-order valence-electron chi connectivity index (χ4n) is 3.15. The van der Waals surface area contributed by atoms with Crippen molar-refractivity contribution in [2.24, 2.45) is 0 Å². The summed E-state index contributed by atoms with van der Waals surface area (Å²) in [6.45, 7) is 3.15. The topological polar surface area (TPSA) is 64.0 Å². The molecule has 0 bridgehead atoms. The first-order valence-corrected chi connectivity index (χ1v) is 11.0. The monoisotopic (exact) mass is 425 g/mol. The zero-order valence-corrected chi connectivity index (χ0v) is 17.4. The van der Waals surface area contributed by atoms with Crippen LogP contribution in [0.2, 0.25) is 5.02 Å². The van der Waals surface area contributed by atoms with Crippen molar-refractivity contribution >= 4 is 32.7 Å². The van der Waals surface area contributed by atoms with Gasteiger partial charge in [-0.1, -0.05) is 59.6 Å². The number of nitrogens with zero attached hydrogens (tertiary/aromatic N) is 2. The SMILES string of the molecule is Cc1ccc(S(=O)(=O)n2ccc3c(Cl)c(CNCc4ccccc4)cnc32)cc1. The van der Waals surface area contributed by atoms with Gasteiger partial charge in [0.1, 0.15) is 0 Å². The van der Waals surface area contributed by atoms with Gasteiger partial charge in [-0.3, -0.25) is 0 Å². The highest BCUT2D eigenvalue weighted by atomic mass is 35.5. The number of hydrogen-bond acceptors (Lipinski definition) is 4. The maximum absolute atomic E-state index is 13.0. The van der Waals surface area contributed by atoms with Gasteiger partial charge >= 0.3 is 0 Å². The Morgan fingerprint density at radius 3 is 2.45 bits per heavy atom. The average molecular weight is 426 g/mol. The van der Waals surface area contributed by atoms with Gasteiger partial charge < -0.3 is 5.32 Å². The van der Waals surface area contributed by atoms with Gasteiger partial charge in [0.2, 0.25) is 0 Å². The van der Waals surface area contributed by atoms with Gasteiger partial charge in [0, 0.05) is 36.4 Å². The van der Waals surface area contributed by atoms with E-state index in [2.05, 4.69) is 10.3 Å².